The van der Waals surface area contributed by atoms with Gasteiger partial charge < -0.3 is 30.3 Å². The Bertz CT molecular complexity index is 171. The standard InChI is InChI=1S/C6H12O6/c1-2-3(7)4(8)6(11,12-2)5(9)10/h2-5,7-11H,1H3. The molecule has 1 saturated heterocycles. The van der Waals surface area contributed by atoms with Crippen molar-refractivity contribution in [3.8, 4) is 0 Å². The molecule has 0 bridgehead atoms. The minimum Gasteiger partial charge on any atom is -0.387 e. The first-order chi connectivity index (χ1) is 5.39. The van der Waals surface area contributed by atoms with Gasteiger partial charge in [-0.1, -0.05) is 0 Å². The van der Waals surface area contributed by atoms with Gasteiger partial charge in [-0.05, 0) is 6.92 Å². The second-order valence-electron chi connectivity index (χ2n) is 2.88. The second-order valence-corrected chi connectivity index (χ2v) is 2.88. The first-order valence-corrected chi connectivity index (χ1v) is 3.52. The number of aliphatic hydroxyl groups excluding tert-OH is 3. The molecule has 1 rings (SSSR count). The van der Waals surface area contributed by atoms with E-state index in [0.29, 0.717) is 0 Å². The average molecular weight is 180 g/mol. The van der Waals surface area contributed by atoms with Crippen LogP contribution in [0.1, 0.15) is 6.92 Å². The summed E-state index contributed by atoms with van der Waals surface area (Å²) in [4.78, 5) is 0. The molecule has 0 radical (unpaired) electrons. The molecule has 6 nitrogen and oxygen atoms in total. The normalized spacial score (nSPS) is 48.8. The quantitative estimate of drug-likeness (QED) is 0.277. The molecular formula is C6H12O6. The van der Waals surface area contributed by atoms with Crippen molar-refractivity contribution in [2.75, 3.05) is 0 Å². The van der Waals surface area contributed by atoms with Crippen molar-refractivity contribution >= 4 is 0 Å². The third kappa shape index (κ3) is 1.22. The van der Waals surface area contributed by atoms with Gasteiger partial charge in [-0.2, -0.15) is 0 Å². The van der Waals surface area contributed by atoms with Crippen molar-refractivity contribution in [1.82, 2.24) is 0 Å². The average Bonchev–Trinajstić information content (AvgIpc) is 2.17. The number of aliphatic hydroxyl groups is 5. The van der Waals surface area contributed by atoms with Crippen LogP contribution in [0.4, 0.5) is 0 Å². The van der Waals surface area contributed by atoms with E-state index in [1.165, 1.54) is 6.92 Å². The molecule has 5 N–H and O–H groups in total. The molecule has 0 aliphatic carbocycles. The minimum atomic E-state index is -2.49. The van der Waals surface area contributed by atoms with E-state index >= 15 is 0 Å². The zero-order valence-electron chi connectivity index (χ0n) is 6.45. The lowest BCUT2D eigenvalue weighted by molar-refractivity contribution is -0.325. The Balaban J connectivity index is 2.82. The van der Waals surface area contributed by atoms with Gasteiger partial charge in [0.2, 0.25) is 12.1 Å². The molecule has 0 aromatic heterocycles. The monoisotopic (exact) mass is 180 g/mol. The summed E-state index contributed by atoms with van der Waals surface area (Å²) in [7, 11) is 0. The molecule has 12 heavy (non-hydrogen) atoms. The van der Waals surface area contributed by atoms with Crippen molar-refractivity contribution < 1.29 is 30.3 Å². The fourth-order valence-corrected chi connectivity index (χ4v) is 1.15. The molecule has 4 unspecified atom stereocenters. The smallest absolute Gasteiger partial charge is 0.247 e. The predicted octanol–water partition coefficient (Wildman–Crippen LogP) is -2.87. The van der Waals surface area contributed by atoms with Gasteiger partial charge in [-0.25, -0.2) is 0 Å². The van der Waals surface area contributed by atoms with E-state index in [1.54, 1.807) is 0 Å². The molecule has 0 amide bonds. The molecule has 0 aromatic carbocycles. The van der Waals surface area contributed by atoms with Crippen molar-refractivity contribution in [3.05, 3.63) is 0 Å². The van der Waals surface area contributed by atoms with Crippen LogP contribution >= 0.6 is 0 Å². The van der Waals surface area contributed by atoms with Crippen molar-refractivity contribution in [3.63, 3.8) is 0 Å². The summed E-state index contributed by atoms with van der Waals surface area (Å²) >= 11 is 0. The first-order valence-electron chi connectivity index (χ1n) is 3.52. The molecule has 1 heterocycles. The molecule has 0 aromatic rings. The second kappa shape index (κ2) is 2.91. The Morgan fingerprint density at radius 2 is 1.83 bits per heavy atom. The van der Waals surface area contributed by atoms with Crippen LogP contribution in [0, 0.1) is 0 Å². The number of ether oxygens (including phenoxy) is 1. The third-order valence-electron chi connectivity index (χ3n) is 1.97. The van der Waals surface area contributed by atoms with Crippen molar-refractivity contribution in [2.45, 2.75) is 37.3 Å². The van der Waals surface area contributed by atoms with Gasteiger partial charge in [0.25, 0.3) is 0 Å². The number of rotatable bonds is 1. The van der Waals surface area contributed by atoms with Crippen LogP contribution in [-0.4, -0.2) is 55.9 Å². The lowest BCUT2D eigenvalue weighted by Gasteiger charge is -2.27. The maximum absolute atomic E-state index is 9.25. The Morgan fingerprint density at radius 3 is 2.00 bits per heavy atom. The summed E-state index contributed by atoms with van der Waals surface area (Å²) in [5, 5.41) is 44.7. The van der Waals surface area contributed by atoms with Gasteiger partial charge >= 0.3 is 0 Å². The number of hydrogen-bond acceptors (Lipinski definition) is 6. The molecular weight excluding hydrogens is 168 g/mol. The maximum Gasteiger partial charge on any atom is 0.247 e. The van der Waals surface area contributed by atoms with Crippen LogP contribution in [0.25, 0.3) is 0 Å². The summed E-state index contributed by atoms with van der Waals surface area (Å²) in [5.74, 6) is -2.49. The van der Waals surface area contributed by atoms with Gasteiger partial charge in [0.15, 0.2) is 0 Å². The van der Waals surface area contributed by atoms with Crippen LogP contribution < -0.4 is 0 Å². The fraction of sp³-hybridized carbons (Fsp3) is 1.00. The minimum absolute atomic E-state index is 0.841. The Hall–Kier alpha value is -0.240. The van der Waals surface area contributed by atoms with Crippen LogP contribution in [0.5, 0.6) is 0 Å². The largest absolute Gasteiger partial charge is 0.387 e. The first kappa shape index (κ1) is 9.85. The molecule has 1 fully saturated rings. The zero-order chi connectivity index (χ0) is 9.52. The molecule has 1 aliphatic heterocycles. The highest BCUT2D eigenvalue weighted by molar-refractivity contribution is 4.94. The van der Waals surface area contributed by atoms with E-state index < -0.39 is 30.4 Å². The zero-order valence-corrected chi connectivity index (χ0v) is 6.45. The summed E-state index contributed by atoms with van der Waals surface area (Å²) in [5.41, 5.74) is 0. The van der Waals surface area contributed by atoms with Crippen LogP contribution in [-0.2, 0) is 4.74 Å². The third-order valence-corrected chi connectivity index (χ3v) is 1.97. The Morgan fingerprint density at radius 1 is 1.33 bits per heavy atom. The number of hydrogen-bond donors (Lipinski definition) is 5. The summed E-state index contributed by atoms with van der Waals surface area (Å²) in [6.45, 7) is 1.40. The fourth-order valence-electron chi connectivity index (χ4n) is 1.15. The van der Waals surface area contributed by atoms with E-state index in [0.717, 1.165) is 0 Å². The van der Waals surface area contributed by atoms with Crippen LogP contribution in [0.15, 0.2) is 0 Å². The van der Waals surface area contributed by atoms with Crippen molar-refractivity contribution in [1.29, 1.82) is 0 Å². The summed E-state index contributed by atoms with van der Waals surface area (Å²) < 4.78 is 4.59. The topological polar surface area (TPSA) is 110 Å². The maximum atomic E-state index is 9.25. The summed E-state index contributed by atoms with van der Waals surface area (Å²) in [6.07, 6.45) is -6.12. The van der Waals surface area contributed by atoms with Crippen molar-refractivity contribution in [2.24, 2.45) is 0 Å². The van der Waals surface area contributed by atoms with Gasteiger partial charge in [0.1, 0.15) is 12.2 Å². The SMILES string of the molecule is CC1OC(O)(C(O)O)C(O)C1O. The lowest BCUT2D eigenvalue weighted by atomic mass is 10.1. The molecule has 4 atom stereocenters. The predicted molar refractivity (Wildman–Crippen MR) is 35.7 cm³/mol. The summed E-state index contributed by atoms with van der Waals surface area (Å²) in [6, 6.07) is 0. The van der Waals surface area contributed by atoms with Crippen LogP contribution in [0.2, 0.25) is 0 Å². The van der Waals surface area contributed by atoms with Gasteiger partial charge in [-0.3, -0.25) is 0 Å². The highest BCUT2D eigenvalue weighted by atomic mass is 16.7. The van der Waals surface area contributed by atoms with Gasteiger partial charge in [-0.15, -0.1) is 0 Å². The molecule has 0 saturated carbocycles. The van der Waals surface area contributed by atoms with E-state index in [2.05, 4.69) is 4.74 Å². The highest BCUT2D eigenvalue weighted by Gasteiger charge is 2.55. The van der Waals surface area contributed by atoms with E-state index in [-0.39, 0.29) is 0 Å². The van der Waals surface area contributed by atoms with E-state index in [4.69, 9.17) is 20.4 Å². The van der Waals surface area contributed by atoms with Gasteiger partial charge in [0.05, 0.1) is 6.10 Å². The van der Waals surface area contributed by atoms with Gasteiger partial charge in [0, 0.05) is 0 Å². The Labute approximate surface area is 68.6 Å². The Kier molecular flexibility index (Phi) is 2.39. The molecule has 6 heteroatoms. The molecule has 0 spiro atoms. The lowest BCUT2D eigenvalue weighted by Crippen LogP contribution is -2.52. The van der Waals surface area contributed by atoms with Crippen LogP contribution in [0.3, 0.4) is 0 Å². The highest BCUT2D eigenvalue weighted by Crippen LogP contribution is 2.30. The molecule has 72 valence electrons. The van der Waals surface area contributed by atoms with E-state index in [9.17, 15) is 5.11 Å². The molecule has 1 aliphatic rings. The van der Waals surface area contributed by atoms with E-state index in [1.807, 2.05) is 0 Å².